The average Bonchev–Trinajstić information content (AvgIpc) is 2.53. The molecule has 1 aliphatic rings. The Bertz CT molecular complexity index is 251. The van der Waals surface area contributed by atoms with Crippen molar-refractivity contribution in [1.29, 1.82) is 0 Å². The molecule has 0 aromatic carbocycles. The molecule has 1 fully saturated rings. The van der Waals surface area contributed by atoms with Gasteiger partial charge in [-0.2, -0.15) is 23.1 Å². The van der Waals surface area contributed by atoms with Crippen LogP contribution in [0.4, 0.5) is 0 Å². The molecule has 0 atom stereocenters. The first-order valence-corrected chi connectivity index (χ1v) is 7.06. The van der Waals surface area contributed by atoms with Crippen molar-refractivity contribution < 1.29 is 0 Å². The SMILES string of the molecule is Brc1cscc1C1CCSCC1. The van der Waals surface area contributed by atoms with Crippen LogP contribution in [0.15, 0.2) is 15.2 Å². The average molecular weight is 263 g/mol. The highest BCUT2D eigenvalue weighted by Crippen LogP contribution is 2.37. The molecule has 1 aromatic heterocycles. The lowest BCUT2D eigenvalue weighted by molar-refractivity contribution is 0.637. The van der Waals surface area contributed by atoms with Crippen LogP contribution in [-0.2, 0) is 0 Å². The summed E-state index contributed by atoms with van der Waals surface area (Å²) in [6.07, 6.45) is 2.72. The molecule has 66 valence electrons. The topological polar surface area (TPSA) is 0 Å². The molecule has 0 amide bonds. The van der Waals surface area contributed by atoms with Crippen molar-refractivity contribution in [2.45, 2.75) is 18.8 Å². The fraction of sp³-hybridized carbons (Fsp3) is 0.556. The third kappa shape index (κ3) is 1.88. The molecule has 0 unspecified atom stereocenters. The summed E-state index contributed by atoms with van der Waals surface area (Å²) in [5.74, 6) is 3.51. The Hall–Kier alpha value is 0.530. The highest BCUT2D eigenvalue weighted by molar-refractivity contribution is 9.10. The molecule has 2 rings (SSSR count). The first-order chi connectivity index (χ1) is 5.88. The van der Waals surface area contributed by atoms with E-state index in [1.165, 1.54) is 28.8 Å². The maximum atomic E-state index is 3.61. The van der Waals surface area contributed by atoms with Crippen LogP contribution in [0.2, 0.25) is 0 Å². The summed E-state index contributed by atoms with van der Waals surface area (Å²) in [4.78, 5) is 0. The molecule has 1 saturated heterocycles. The van der Waals surface area contributed by atoms with Crippen molar-refractivity contribution in [3.8, 4) is 0 Å². The molecule has 0 radical (unpaired) electrons. The van der Waals surface area contributed by atoms with Crippen molar-refractivity contribution >= 4 is 39.0 Å². The maximum absolute atomic E-state index is 3.61. The van der Waals surface area contributed by atoms with Crippen molar-refractivity contribution in [2.24, 2.45) is 0 Å². The minimum absolute atomic E-state index is 0.826. The van der Waals surface area contributed by atoms with Gasteiger partial charge in [-0.05, 0) is 57.1 Å². The number of thioether (sulfide) groups is 1. The van der Waals surface area contributed by atoms with Gasteiger partial charge in [-0.25, -0.2) is 0 Å². The molecule has 0 aliphatic carbocycles. The fourth-order valence-corrected chi connectivity index (χ4v) is 4.40. The molecule has 3 heteroatoms. The summed E-state index contributed by atoms with van der Waals surface area (Å²) in [7, 11) is 0. The second-order valence-electron chi connectivity index (χ2n) is 3.06. The van der Waals surface area contributed by atoms with Crippen molar-refractivity contribution in [1.82, 2.24) is 0 Å². The number of rotatable bonds is 1. The van der Waals surface area contributed by atoms with E-state index in [9.17, 15) is 0 Å². The van der Waals surface area contributed by atoms with Gasteiger partial charge in [0.2, 0.25) is 0 Å². The molecule has 0 spiro atoms. The monoisotopic (exact) mass is 262 g/mol. The Morgan fingerprint density at radius 1 is 1.25 bits per heavy atom. The first kappa shape index (κ1) is 9.10. The lowest BCUT2D eigenvalue weighted by Gasteiger charge is -2.20. The molecule has 0 saturated carbocycles. The van der Waals surface area contributed by atoms with Crippen LogP contribution < -0.4 is 0 Å². The molecule has 0 N–H and O–H groups in total. The van der Waals surface area contributed by atoms with Gasteiger partial charge in [0.15, 0.2) is 0 Å². The summed E-state index contributed by atoms with van der Waals surface area (Å²) in [5, 5.41) is 4.49. The number of halogens is 1. The summed E-state index contributed by atoms with van der Waals surface area (Å²) in [6.45, 7) is 0. The summed E-state index contributed by atoms with van der Waals surface area (Å²) < 4.78 is 1.32. The van der Waals surface area contributed by atoms with E-state index < -0.39 is 0 Å². The zero-order valence-electron chi connectivity index (χ0n) is 6.75. The van der Waals surface area contributed by atoms with E-state index in [2.05, 4.69) is 38.5 Å². The van der Waals surface area contributed by atoms with Crippen LogP contribution in [-0.4, -0.2) is 11.5 Å². The molecule has 0 nitrogen and oxygen atoms in total. The third-order valence-electron chi connectivity index (χ3n) is 2.30. The van der Waals surface area contributed by atoms with E-state index in [0.717, 1.165) is 5.92 Å². The fourth-order valence-electron chi connectivity index (χ4n) is 1.59. The Morgan fingerprint density at radius 2 is 2.00 bits per heavy atom. The summed E-state index contributed by atoms with van der Waals surface area (Å²) >= 11 is 7.50. The van der Waals surface area contributed by atoms with Gasteiger partial charge in [0, 0.05) is 9.85 Å². The Kier molecular flexibility index (Phi) is 3.15. The predicted octanol–water partition coefficient (Wildman–Crippen LogP) is 4.12. The molecule has 2 heterocycles. The smallest absolute Gasteiger partial charge is 0.0317 e. The quantitative estimate of drug-likeness (QED) is 0.734. The first-order valence-electron chi connectivity index (χ1n) is 4.17. The molecular weight excluding hydrogens is 252 g/mol. The summed E-state index contributed by atoms with van der Waals surface area (Å²) in [6, 6.07) is 0. The Balaban J connectivity index is 2.13. The number of thiophene rings is 1. The van der Waals surface area contributed by atoms with Gasteiger partial charge in [0.1, 0.15) is 0 Å². The van der Waals surface area contributed by atoms with Crippen molar-refractivity contribution in [2.75, 3.05) is 11.5 Å². The highest BCUT2D eigenvalue weighted by Gasteiger charge is 2.18. The lowest BCUT2D eigenvalue weighted by Crippen LogP contribution is -2.07. The maximum Gasteiger partial charge on any atom is 0.0317 e. The Labute approximate surface area is 89.9 Å². The number of hydrogen-bond acceptors (Lipinski definition) is 2. The van der Waals surface area contributed by atoms with E-state index in [1.54, 1.807) is 16.9 Å². The van der Waals surface area contributed by atoms with Gasteiger partial charge in [0.05, 0.1) is 0 Å². The standard InChI is InChI=1S/C9H11BrS2/c10-9-6-12-5-8(9)7-1-3-11-4-2-7/h5-7H,1-4H2. The second kappa shape index (κ2) is 4.16. The minimum atomic E-state index is 0.826. The van der Waals surface area contributed by atoms with E-state index in [0.29, 0.717) is 0 Å². The zero-order valence-corrected chi connectivity index (χ0v) is 9.97. The molecule has 12 heavy (non-hydrogen) atoms. The van der Waals surface area contributed by atoms with Crippen LogP contribution in [0, 0.1) is 0 Å². The van der Waals surface area contributed by atoms with Crippen molar-refractivity contribution in [3.05, 3.63) is 20.8 Å². The zero-order chi connectivity index (χ0) is 8.39. The van der Waals surface area contributed by atoms with Crippen LogP contribution in [0.1, 0.15) is 24.3 Å². The van der Waals surface area contributed by atoms with Crippen LogP contribution in [0.3, 0.4) is 0 Å². The second-order valence-corrected chi connectivity index (χ2v) is 5.88. The minimum Gasteiger partial charge on any atom is -0.162 e. The Morgan fingerprint density at radius 3 is 2.58 bits per heavy atom. The van der Waals surface area contributed by atoms with E-state index >= 15 is 0 Å². The lowest BCUT2D eigenvalue weighted by atomic mass is 9.96. The number of hydrogen-bond donors (Lipinski definition) is 0. The van der Waals surface area contributed by atoms with Crippen LogP contribution in [0.5, 0.6) is 0 Å². The highest BCUT2D eigenvalue weighted by atomic mass is 79.9. The molecular formula is C9H11BrS2. The summed E-state index contributed by atoms with van der Waals surface area (Å²) in [5.41, 5.74) is 1.54. The van der Waals surface area contributed by atoms with E-state index in [1.807, 2.05) is 0 Å². The van der Waals surface area contributed by atoms with Gasteiger partial charge in [-0.1, -0.05) is 0 Å². The largest absolute Gasteiger partial charge is 0.162 e. The predicted molar refractivity (Wildman–Crippen MR) is 61.3 cm³/mol. The molecule has 0 bridgehead atoms. The van der Waals surface area contributed by atoms with Crippen molar-refractivity contribution in [3.63, 3.8) is 0 Å². The van der Waals surface area contributed by atoms with Gasteiger partial charge < -0.3 is 0 Å². The normalized spacial score (nSPS) is 19.8. The molecule has 1 aromatic rings. The van der Waals surface area contributed by atoms with Gasteiger partial charge in [-0.3, -0.25) is 0 Å². The van der Waals surface area contributed by atoms with Gasteiger partial charge in [-0.15, -0.1) is 0 Å². The van der Waals surface area contributed by atoms with Gasteiger partial charge in [0.25, 0.3) is 0 Å². The molecule has 1 aliphatic heterocycles. The van der Waals surface area contributed by atoms with E-state index in [-0.39, 0.29) is 0 Å². The van der Waals surface area contributed by atoms with Crippen LogP contribution in [0.25, 0.3) is 0 Å². The van der Waals surface area contributed by atoms with Gasteiger partial charge >= 0.3 is 0 Å². The van der Waals surface area contributed by atoms with E-state index in [4.69, 9.17) is 0 Å². The van der Waals surface area contributed by atoms with Crippen LogP contribution >= 0.6 is 39.0 Å². The third-order valence-corrected chi connectivity index (χ3v) is 5.10.